The predicted molar refractivity (Wildman–Crippen MR) is 111 cm³/mol. The Kier molecular flexibility index (Phi) is 9.97. The van der Waals surface area contributed by atoms with Crippen LogP contribution < -0.4 is 5.32 Å². The summed E-state index contributed by atoms with van der Waals surface area (Å²) < 4.78 is 27.4. The van der Waals surface area contributed by atoms with Crippen LogP contribution in [-0.4, -0.2) is 157 Å². The molecular weight excluding hydrogens is 494 g/mol. The zero-order valence-corrected chi connectivity index (χ0v) is 19.5. The maximum Gasteiger partial charge on any atom is 0.217 e. The van der Waals surface area contributed by atoms with Crippen LogP contribution in [0.5, 0.6) is 0 Å². The Balaban J connectivity index is 1.89. The zero-order chi connectivity index (χ0) is 26.9. The van der Waals surface area contributed by atoms with Gasteiger partial charge in [0.1, 0.15) is 67.1 Å². The number of aliphatic hydroxyl groups excluding tert-OH is 9. The van der Waals surface area contributed by atoms with Crippen molar-refractivity contribution in [3.05, 3.63) is 0 Å². The normalized spacial score (nSPS) is 50.0. The van der Waals surface area contributed by atoms with E-state index >= 15 is 0 Å². The van der Waals surface area contributed by atoms with Crippen molar-refractivity contribution in [2.24, 2.45) is 0 Å². The molecule has 3 saturated heterocycles. The monoisotopic (exact) mass is 529 g/mol. The van der Waals surface area contributed by atoms with Crippen molar-refractivity contribution in [1.29, 1.82) is 0 Å². The molecule has 3 aliphatic rings. The second-order valence-electron chi connectivity index (χ2n) is 9.05. The van der Waals surface area contributed by atoms with E-state index in [0.717, 1.165) is 6.92 Å². The van der Waals surface area contributed by atoms with E-state index in [0.29, 0.717) is 0 Å². The molecule has 3 heterocycles. The summed E-state index contributed by atoms with van der Waals surface area (Å²) in [4.78, 5) is 11.7. The van der Waals surface area contributed by atoms with E-state index in [-0.39, 0.29) is 0 Å². The van der Waals surface area contributed by atoms with Crippen molar-refractivity contribution in [2.75, 3.05) is 13.2 Å². The van der Waals surface area contributed by atoms with Crippen molar-refractivity contribution >= 4 is 5.91 Å². The van der Waals surface area contributed by atoms with Gasteiger partial charge in [-0.15, -0.1) is 0 Å². The smallest absolute Gasteiger partial charge is 0.217 e. The van der Waals surface area contributed by atoms with Crippen molar-refractivity contribution in [2.45, 2.75) is 106 Å². The molecule has 3 fully saturated rings. The van der Waals surface area contributed by atoms with Gasteiger partial charge < -0.3 is 75.0 Å². The standard InChI is InChI=1S/C20H35NO15/c1-5-10(25)13(28)15(30)19(32-5)36-17-14(29)11(26)7(3-22)34-20(17)35-16-9(21-6(2)24)18(31)33-8(4-23)12(16)27/h5,7-20,22-23,25-31H,3-4H2,1-2H3,(H,21,24)/t5?,7?,8?,9?,10?,11?,12?,13?,14?,15-,16+,17?,18+,19?,20-/m0/s1. The maximum absolute atomic E-state index is 11.7. The Morgan fingerprint density at radius 2 is 1.31 bits per heavy atom. The van der Waals surface area contributed by atoms with Gasteiger partial charge in [-0.25, -0.2) is 0 Å². The topological polar surface area (TPSA) is 257 Å². The van der Waals surface area contributed by atoms with Crippen molar-refractivity contribution < 1.29 is 74.4 Å². The van der Waals surface area contributed by atoms with Crippen LogP contribution >= 0.6 is 0 Å². The Bertz CT molecular complexity index is 731. The van der Waals surface area contributed by atoms with Crippen LogP contribution in [-0.2, 0) is 28.5 Å². The molecule has 0 spiro atoms. The highest BCUT2D eigenvalue weighted by Crippen LogP contribution is 2.32. The fraction of sp³-hybridized carbons (Fsp3) is 0.950. The van der Waals surface area contributed by atoms with Gasteiger partial charge in [0.2, 0.25) is 5.91 Å². The number of amides is 1. The summed E-state index contributed by atoms with van der Waals surface area (Å²) >= 11 is 0. The predicted octanol–water partition coefficient (Wildman–Crippen LogP) is -6.40. The van der Waals surface area contributed by atoms with Crippen LogP contribution in [0.3, 0.4) is 0 Å². The van der Waals surface area contributed by atoms with E-state index in [9.17, 15) is 50.8 Å². The molecule has 16 nitrogen and oxygen atoms in total. The van der Waals surface area contributed by atoms with E-state index < -0.39 is 111 Å². The van der Waals surface area contributed by atoms with Crippen molar-refractivity contribution in [3.8, 4) is 0 Å². The molecular formula is C20H35NO15. The van der Waals surface area contributed by atoms with Crippen LogP contribution in [0.4, 0.5) is 0 Å². The first-order valence-electron chi connectivity index (χ1n) is 11.4. The maximum atomic E-state index is 11.7. The molecule has 1 amide bonds. The van der Waals surface area contributed by atoms with Crippen LogP contribution in [0.25, 0.3) is 0 Å². The van der Waals surface area contributed by atoms with E-state index in [1.807, 2.05) is 0 Å². The molecule has 0 bridgehead atoms. The number of nitrogens with one attached hydrogen (secondary N) is 1. The second-order valence-corrected chi connectivity index (χ2v) is 9.05. The summed E-state index contributed by atoms with van der Waals surface area (Å²) in [7, 11) is 0. The molecule has 10 N–H and O–H groups in total. The van der Waals surface area contributed by atoms with Gasteiger partial charge in [-0.2, -0.15) is 0 Å². The highest BCUT2D eigenvalue weighted by atomic mass is 16.8. The van der Waals surface area contributed by atoms with Crippen molar-refractivity contribution in [3.63, 3.8) is 0 Å². The molecule has 16 heteroatoms. The zero-order valence-electron chi connectivity index (χ0n) is 19.5. The summed E-state index contributed by atoms with van der Waals surface area (Å²) in [6.07, 6.45) is -22.2. The molecule has 3 aliphatic heterocycles. The van der Waals surface area contributed by atoms with E-state index in [4.69, 9.17) is 23.7 Å². The van der Waals surface area contributed by atoms with Gasteiger partial charge in [0, 0.05) is 6.92 Å². The first-order chi connectivity index (χ1) is 16.9. The summed E-state index contributed by atoms with van der Waals surface area (Å²) in [5, 5.41) is 93.8. The average molecular weight is 529 g/mol. The minimum Gasteiger partial charge on any atom is -0.394 e. The molecule has 36 heavy (non-hydrogen) atoms. The van der Waals surface area contributed by atoms with Gasteiger partial charge in [-0.1, -0.05) is 0 Å². The molecule has 0 radical (unpaired) electrons. The molecule has 11 unspecified atom stereocenters. The lowest BCUT2D eigenvalue weighted by molar-refractivity contribution is -0.380. The third-order valence-electron chi connectivity index (χ3n) is 6.46. The van der Waals surface area contributed by atoms with Crippen LogP contribution in [0.1, 0.15) is 13.8 Å². The van der Waals surface area contributed by atoms with Crippen molar-refractivity contribution in [1.82, 2.24) is 5.32 Å². The van der Waals surface area contributed by atoms with E-state index in [1.165, 1.54) is 6.92 Å². The van der Waals surface area contributed by atoms with Crippen LogP contribution in [0.15, 0.2) is 0 Å². The number of ether oxygens (including phenoxy) is 5. The highest BCUT2D eigenvalue weighted by molar-refractivity contribution is 5.73. The second kappa shape index (κ2) is 12.2. The van der Waals surface area contributed by atoms with Gasteiger partial charge in [0.05, 0.1) is 19.3 Å². The van der Waals surface area contributed by atoms with Gasteiger partial charge in [0.25, 0.3) is 0 Å². The fourth-order valence-corrected chi connectivity index (χ4v) is 4.38. The molecule has 0 saturated carbocycles. The third-order valence-corrected chi connectivity index (χ3v) is 6.46. The fourth-order valence-electron chi connectivity index (χ4n) is 4.38. The highest BCUT2D eigenvalue weighted by Gasteiger charge is 2.53. The lowest BCUT2D eigenvalue weighted by Crippen LogP contribution is -2.68. The van der Waals surface area contributed by atoms with Gasteiger partial charge in [-0.3, -0.25) is 4.79 Å². The van der Waals surface area contributed by atoms with Crippen LogP contribution in [0.2, 0.25) is 0 Å². The quantitative estimate of drug-likeness (QED) is 0.147. The van der Waals surface area contributed by atoms with Crippen LogP contribution in [0, 0.1) is 0 Å². The minimum absolute atomic E-state index is 0.632. The Hall–Kier alpha value is -1.09. The SMILES string of the molecule is CC(=O)NC1[C@@H](O[C@@H]2OC(CO)C(O)C(O)C2OC2OC(C)C(O)C(O)[C@@H]2O)C(O)C(CO)O[C@H]1O. The molecule has 3 rings (SSSR count). The van der Waals surface area contributed by atoms with Gasteiger partial charge >= 0.3 is 0 Å². The Morgan fingerprint density at radius 1 is 0.722 bits per heavy atom. The number of carbonyl (C=O) groups excluding carboxylic acids is 1. The summed E-state index contributed by atoms with van der Waals surface area (Å²) in [5.74, 6) is -0.632. The lowest BCUT2D eigenvalue weighted by Gasteiger charge is -2.48. The number of aliphatic hydroxyl groups is 9. The number of hydrogen-bond donors (Lipinski definition) is 10. The molecule has 0 aromatic heterocycles. The number of carbonyl (C=O) groups is 1. The van der Waals surface area contributed by atoms with E-state index in [2.05, 4.69) is 5.32 Å². The number of hydrogen-bond acceptors (Lipinski definition) is 15. The van der Waals surface area contributed by atoms with Gasteiger partial charge in [-0.05, 0) is 6.92 Å². The molecule has 15 atom stereocenters. The molecule has 210 valence electrons. The molecule has 0 aromatic rings. The third kappa shape index (κ3) is 5.97. The largest absolute Gasteiger partial charge is 0.394 e. The Morgan fingerprint density at radius 3 is 1.89 bits per heavy atom. The summed E-state index contributed by atoms with van der Waals surface area (Å²) in [6, 6.07) is -1.39. The summed E-state index contributed by atoms with van der Waals surface area (Å²) in [5.41, 5.74) is 0. The lowest BCUT2D eigenvalue weighted by atomic mass is 9.95. The summed E-state index contributed by atoms with van der Waals surface area (Å²) in [6.45, 7) is 1.00. The minimum atomic E-state index is -1.83. The average Bonchev–Trinajstić information content (AvgIpc) is 2.83. The molecule has 0 aliphatic carbocycles. The first kappa shape index (κ1) is 29.5. The first-order valence-corrected chi connectivity index (χ1v) is 11.4. The molecule has 0 aromatic carbocycles. The Labute approximate surface area is 205 Å². The van der Waals surface area contributed by atoms with E-state index in [1.54, 1.807) is 0 Å². The van der Waals surface area contributed by atoms with Gasteiger partial charge in [0.15, 0.2) is 18.9 Å². The number of rotatable bonds is 7.